The predicted molar refractivity (Wildman–Crippen MR) is 88.6 cm³/mol. The molecule has 1 atom stereocenters. The molecule has 118 valence electrons. The van der Waals surface area contributed by atoms with Crippen LogP contribution in [0.4, 0.5) is 5.69 Å². The first-order valence-electron chi connectivity index (χ1n) is 6.95. The van der Waals surface area contributed by atoms with Crippen molar-refractivity contribution in [1.82, 2.24) is 5.32 Å². The van der Waals surface area contributed by atoms with Crippen molar-refractivity contribution >= 4 is 35.6 Å². The third kappa shape index (κ3) is 4.50. The fourth-order valence-electron chi connectivity index (χ4n) is 2.09. The molecule has 1 aromatic carbocycles. The number of hydrogen-bond donors (Lipinski definition) is 2. The van der Waals surface area contributed by atoms with Crippen molar-refractivity contribution in [3.63, 3.8) is 0 Å². The van der Waals surface area contributed by atoms with Crippen molar-refractivity contribution < 1.29 is 9.53 Å². The molecule has 2 N–H and O–H groups in total. The molecule has 0 aliphatic carbocycles. The first-order chi connectivity index (χ1) is 9.49. The van der Waals surface area contributed by atoms with E-state index in [0.717, 1.165) is 13.1 Å². The molecule has 0 bridgehead atoms. The van der Waals surface area contributed by atoms with E-state index in [-0.39, 0.29) is 30.3 Å². The molecule has 1 fully saturated rings. The molecule has 2 rings (SSSR count). The maximum atomic E-state index is 12.3. The van der Waals surface area contributed by atoms with Crippen LogP contribution in [0.2, 0.25) is 5.02 Å². The summed E-state index contributed by atoms with van der Waals surface area (Å²) in [7, 11) is 0. The van der Waals surface area contributed by atoms with Crippen LogP contribution in [0, 0.1) is 11.8 Å². The van der Waals surface area contributed by atoms with Crippen molar-refractivity contribution in [2.24, 2.45) is 11.8 Å². The van der Waals surface area contributed by atoms with Crippen molar-refractivity contribution in [2.75, 3.05) is 18.4 Å². The summed E-state index contributed by atoms with van der Waals surface area (Å²) in [6.07, 6.45) is -0.00110. The zero-order chi connectivity index (χ0) is 14.7. The monoisotopic (exact) mass is 332 g/mol. The van der Waals surface area contributed by atoms with E-state index in [1.807, 2.05) is 26.8 Å². The minimum Gasteiger partial charge on any atom is -0.487 e. The maximum Gasteiger partial charge on any atom is 0.227 e. The van der Waals surface area contributed by atoms with Crippen molar-refractivity contribution in [2.45, 2.75) is 26.9 Å². The van der Waals surface area contributed by atoms with Gasteiger partial charge in [0.2, 0.25) is 5.91 Å². The molecule has 4 nitrogen and oxygen atoms in total. The van der Waals surface area contributed by atoms with Gasteiger partial charge in [0.25, 0.3) is 0 Å². The highest BCUT2D eigenvalue weighted by atomic mass is 35.5. The summed E-state index contributed by atoms with van der Waals surface area (Å²) < 4.78 is 5.70. The molecule has 1 amide bonds. The molecule has 1 saturated heterocycles. The number of ether oxygens (including phenoxy) is 1. The lowest BCUT2D eigenvalue weighted by Gasteiger charge is -2.31. The Morgan fingerprint density at radius 1 is 1.38 bits per heavy atom. The van der Waals surface area contributed by atoms with Gasteiger partial charge in [-0.05, 0) is 45.0 Å². The number of nitrogens with one attached hydrogen (secondary N) is 2. The second kappa shape index (κ2) is 7.87. The minimum absolute atomic E-state index is 0. The third-order valence-electron chi connectivity index (χ3n) is 3.51. The molecule has 1 aromatic rings. The first-order valence-corrected chi connectivity index (χ1v) is 7.33. The Hall–Kier alpha value is -0.970. The van der Waals surface area contributed by atoms with Gasteiger partial charge in [0.15, 0.2) is 5.75 Å². The zero-order valence-corrected chi connectivity index (χ0v) is 14.1. The van der Waals surface area contributed by atoms with Crippen molar-refractivity contribution in [3.8, 4) is 5.75 Å². The first kappa shape index (κ1) is 18.1. The van der Waals surface area contributed by atoms with Gasteiger partial charge in [-0.25, -0.2) is 0 Å². The van der Waals surface area contributed by atoms with E-state index < -0.39 is 0 Å². The Morgan fingerprint density at radius 3 is 2.57 bits per heavy atom. The third-order valence-corrected chi connectivity index (χ3v) is 3.81. The summed E-state index contributed by atoms with van der Waals surface area (Å²) in [6, 6.07) is 5.38. The van der Waals surface area contributed by atoms with E-state index in [1.165, 1.54) is 0 Å². The lowest BCUT2D eigenvalue weighted by Crippen LogP contribution is -2.48. The number of carbonyl (C=O) groups is 1. The van der Waals surface area contributed by atoms with Gasteiger partial charge < -0.3 is 15.4 Å². The molecule has 1 aliphatic rings. The Kier molecular flexibility index (Phi) is 6.78. The molecular formula is C15H22Cl2N2O2. The number of rotatable bonds is 5. The smallest absolute Gasteiger partial charge is 0.227 e. The van der Waals surface area contributed by atoms with Crippen LogP contribution in [0.25, 0.3) is 0 Å². The van der Waals surface area contributed by atoms with Crippen molar-refractivity contribution in [1.29, 1.82) is 0 Å². The lowest BCUT2D eigenvalue weighted by molar-refractivity contribution is -0.121. The Balaban J connectivity index is 0.00000220. The Bertz CT molecular complexity index is 491. The average molecular weight is 333 g/mol. The number of halogens is 2. The molecule has 0 spiro atoms. The topological polar surface area (TPSA) is 50.4 Å². The SMILES string of the molecule is CC(C)Oc1c(Cl)cccc1NC(=O)C(C)C1CNC1.Cl. The Labute approximate surface area is 137 Å². The molecular weight excluding hydrogens is 311 g/mol. The molecule has 1 heterocycles. The van der Waals surface area contributed by atoms with Gasteiger partial charge in [0.1, 0.15) is 0 Å². The molecule has 6 heteroatoms. The summed E-state index contributed by atoms with van der Waals surface area (Å²) in [5, 5.41) is 6.62. The second-order valence-corrected chi connectivity index (χ2v) is 5.89. The number of para-hydroxylation sites is 1. The largest absolute Gasteiger partial charge is 0.487 e. The zero-order valence-electron chi connectivity index (χ0n) is 12.5. The molecule has 0 radical (unpaired) electrons. The standard InChI is InChI=1S/C15H21ClN2O2.ClH/c1-9(2)20-14-12(16)5-4-6-13(14)18-15(19)10(3)11-7-17-8-11;/h4-6,9-11,17H,7-8H2,1-3H3,(H,18,19);1H. The van der Waals surface area contributed by atoms with Crippen LogP contribution in [-0.2, 0) is 4.79 Å². The minimum atomic E-state index is -0.0258. The molecule has 21 heavy (non-hydrogen) atoms. The van der Waals surface area contributed by atoms with Gasteiger partial charge >= 0.3 is 0 Å². The van der Waals surface area contributed by atoms with Gasteiger partial charge in [0, 0.05) is 5.92 Å². The van der Waals surface area contributed by atoms with Crippen LogP contribution in [0.5, 0.6) is 5.75 Å². The van der Waals surface area contributed by atoms with E-state index in [9.17, 15) is 4.79 Å². The van der Waals surface area contributed by atoms with Crippen LogP contribution in [0.3, 0.4) is 0 Å². The highest BCUT2D eigenvalue weighted by Gasteiger charge is 2.29. The normalized spacial score (nSPS) is 15.9. The van der Waals surface area contributed by atoms with E-state index >= 15 is 0 Å². The highest BCUT2D eigenvalue weighted by molar-refractivity contribution is 6.32. The number of amides is 1. The lowest BCUT2D eigenvalue weighted by atomic mass is 9.88. The van der Waals surface area contributed by atoms with Crippen LogP contribution < -0.4 is 15.4 Å². The number of anilines is 1. The van der Waals surface area contributed by atoms with Gasteiger partial charge in [-0.15, -0.1) is 12.4 Å². The number of hydrogen-bond acceptors (Lipinski definition) is 3. The fraction of sp³-hybridized carbons (Fsp3) is 0.533. The van der Waals surface area contributed by atoms with E-state index in [1.54, 1.807) is 12.1 Å². The quantitative estimate of drug-likeness (QED) is 0.869. The van der Waals surface area contributed by atoms with Gasteiger partial charge in [0.05, 0.1) is 16.8 Å². The molecule has 1 unspecified atom stereocenters. The number of carbonyl (C=O) groups excluding carboxylic acids is 1. The average Bonchev–Trinajstić information content (AvgIpc) is 2.30. The molecule has 0 saturated carbocycles. The van der Waals surface area contributed by atoms with Gasteiger partial charge in [-0.1, -0.05) is 24.6 Å². The fourth-order valence-corrected chi connectivity index (χ4v) is 2.31. The summed E-state index contributed by atoms with van der Waals surface area (Å²) in [4.78, 5) is 12.3. The van der Waals surface area contributed by atoms with E-state index in [0.29, 0.717) is 22.4 Å². The maximum absolute atomic E-state index is 12.3. The highest BCUT2D eigenvalue weighted by Crippen LogP contribution is 2.34. The molecule has 1 aliphatic heterocycles. The Morgan fingerprint density at radius 2 is 2.05 bits per heavy atom. The summed E-state index contributed by atoms with van der Waals surface area (Å²) in [5.74, 6) is 0.926. The molecule has 0 aromatic heterocycles. The van der Waals surface area contributed by atoms with Crippen LogP contribution in [0.15, 0.2) is 18.2 Å². The van der Waals surface area contributed by atoms with Crippen LogP contribution in [-0.4, -0.2) is 25.1 Å². The summed E-state index contributed by atoms with van der Waals surface area (Å²) in [5.41, 5.74) is 0.635. The summed E-state index contributed by atoms with van der Waals surface area (Å²) in [6.45, 7) is 7.61. The van der Waals surface area contributed by atoms with Crippen molar-refractivity contribution in [3.05, 3.63) is 23.2 Å². The van der Waals surface area contributed by atoms with Crippen LogP contribution >= 0.6 is 24.0 Å². The van der Waals surface area contributed by atoms with Crippen LogP contribution in [0.1, 0.15) is 20.8 Å². The van der Waals surface area contributed by atoms with Gasteiger partial charge in [-0.2, -0.15) is 0 Å². The second-order valence-electron chi connectivity index (χ2n) is 5.48. The van der Waals surface area contributed by atoms with E-state index in [2.05, 4.69) is 10.6 Å². The van der Waals surface area contributed by atoms with E-state index in [4.69, 9.17) is 16.3 Å². The van der Waals surface area contributed by atoms with Gasteiger partial charge in [-0.3, -0.25) is 4.79 Å². The summed E-state index contributed by atoms with van der Waals surface area (Å²) >= 11 is 6.15. The number of benzene rings is 1. The predicted octanol–water partition coefficient (Wildman–Crippen LogP) is 3.34.